The van der Waals surface area contributed by atoms with Gasteiger partial charge in [0.1, 0.15) is 0 Å². The van der Waals surface area contributed by atoms with E-state index in [9.17, 15) is 9.59 Å². The van der Waals surface area contributed by atoms with Gasteiger partial charge >= 0.3 is 0 Å². The fourth-order valence-corrected chi connectivity index (χ4v) is 1.73. The maximum absolute atomic E-state index is 11.8. The van der Waals surface area contributed by atoms with Crippen LogP contribution in [0.15, 0.2) is 30.3 Å². The predicted molar refractivity (Wildman–Crippen MR) is 83.5 cm³/mol. The number of nitrogens with one attached hydrogen (secondary N) is 2. The minimum atomic E-state index is -0.417. The Hall–Kier alpha value is -1.88. The van der Waals surface area contributed by atoms with Crippen LogP contribution in [0.25, 0.3) is 0 Å². The van der Waals surface area contributed by atoms with E-state index in [0.29, 0.717) is 13.1 Å². The highest BCUT2D eigenvalue weighted by atomic mass is 16.2. The van der Waals surface area contributed by atoms with Gasteiger partial charge in [-0.2, -0.15) is 0 Å². The van der Waals surface area contributed by atoms with E-state index in [1.165, 1.54) is 0 Å². The lowest BCUT2D eigenvalue weighted by molar-refractivity contribution is -0.128. The number of nitrogens with two attached hydrogens (primary N) is 1. The van der Waals surface area contributed by atoms with Crippen LogP contribution >= 0.6 is 0 Å². The average molecular weight is 291 g/mol. The van der Waals surface area contributed by atoms with E-state index in [-0.39, 0.29) is 24.3 Å². The first-order valence-electron chi connectivity index (χ1n) is 7.16. The molecule has 0 spiro atoms. The Labute approximate surface area is 126 Å². The lowest BCUT2D eigenvalue weighted by Crippen LogP contribution is -2.40. The summed E-state index contributed by atoms with van der Waals surface area (Å²) in [5, 5.41) is 5.53. The molecule has 0 fully saturated rings. The maximum Gasteiger partial charge on any atom is 0.225 e. The molecule has 1 aromatic rings. The van der Waals surface area contributed by atoms with Crippen molar-refractivity contribution in [2.75, 3.05) is 13.1 Å². The first-order chi connectivity index (χ1) is 9.80. The zero-order valence-corrected chi connectivity index (χ0v) is 13.0. The van der Waals surface area contributed by atoms with E-state index in [1.54, 1.807) is 0 Å². The van der Waals surface area contributed by atoms with Crippen molar-refractivity contribution >= 4 is 11.8 Å². The Morgan fingerprint density at radius 2 is 1.67 bits per heavy atom. The van der Waals surface area contributed by atoms with Crippen LogP contribution in [0.3, 0.4) is 0 Å². The number of hydrogen-bond donors (Lipinski definition) is 3. The van der Waals surface area contributed by atoms with E-state index in [2.05, 4.69) is 10.6 Å². The summed E-state index contributed by atoms with van der Waals surface area (Å²) in [4.78, 5) is 23.4. The number of rotatable bonds is 6. The molecule has 1 unspecified atom stereocenters. The number of amides is 2. The molecule has 5 nitrogen and oxygen atoms in total. The van der Waals surface area contributed by atoms with Gasteiger partial charge in [0.25, 0.3) is 0 Å². The predicted octanol–water partition coefficient (Wildman–Crippen LogP) is 1.36. The highest BCUT2D eigenvalue weighted by Gasteiger charge is 2.20. The van der Waals surface area contributed by atoms with Gasteiger partial charge in [0.15, 0.2) is 0 Å². The zero-order chi connectivity index (χ0) is 15.9. The summed E-state index contributed by atoms with van der Waals surface area (Å²) < 4.78 is 0. The van der Waals surface area contributed by atoms with Gasteiger partial charge in [0, 0.05) is 31.0 Å². The third-order valence-corrected chi connectivity index (χ3v) is 3.05. The molecule has 1 aromatic carbocycles. The molecule has 1 rings (SSSR count). The largest absolute Gasteiger partial charge is 0.354 e. The summed E-state index contributed by atoms with van der Waals surface area (Å²) in [7, 11) is 0. The molecule has 0 aromatic heterocycles. The van der Waals surface area contributed by atoms with E-state index < -0.39 is 5.41 Å². The van der Waals surface area contributed by atoms with Crippen LogP contribution in [0.5, 0.6) is 0 Å². The van der Waals surface area contributed by atoms with Gasteiger partial charge in [-0.25, -0.2) is 0 Å². The van der Waals surface area contributed by atoms with E-state index in [1.807, 2.05) is 51.1 Å². The normalized spacial score (nSPS) is 12.6. The molecule has 1 atom stereocenters. The minimum absolute atomic E-state index is 0.0299. The molecule has 0 heterocycles. The smallest absolute Gasteiger partial charge is 0.225 e. The third-order valence-electron chi connectivity index (χ3n) is 3.05. The zero-order valence-electron chi connectivity index (χ0n) is 13.0. The van der Waals surface area contributed by atoms with Crippen LogP contribution in [0.1, 0.15) is 38.8 Å². The van der Waals surface area contributed by atoms with Crippen LogP contribution in [-0.4, -0.2) is 24.9 Å². The van der Waals surface area contributed by atoms with Gasteiger partial charge < -0.3 is 16.4 Å². The highest BCUT2D eigenvalue weighted by molar-refractivity contribution is 5.81. The van der Waals surface area contributed by atoms with Gasteiger partial charge in [-0.3, -0.25) is 9.59 Å². The summed E-state index contributed by atoms with van der Waals surface area (Å²) in [6, 6.07) is 9.21. The molecule has 2 amide bonds. The number of benzene rings is 1. The summed E-state index contributed by atoms with van der Waals surface area (Å²) in [5.74, 6) is -0.144. The van der Waals surface area contributed by atoms with Crippen molar-refractivity contribution in [3.05, 3.63) is 35.9 Å². The van der Waals surface area contributed by atoms with Gasteiger partial charge in [-0.05, 0) is 5.56 Å². The van der Waals surface area contributed by atoms with Crippen molar-refractivity contribution in [1.82, 2.24) is 10.6 Å². The molecule has 0 saturated carbocycles. The summed E-state index contributed by atoms with van der Waals surface area (Å²) >= 11 is 0. The molecule has 21 heavy (non-hydrogen) atoms. The lowest BCUT2D eigenvalue weighted by atomic mass is 9.96. The summed E-state index contributed by atoms with van der Waals surface area (Å²) in [6.07, 6.45) is 0.233. The molecular formula is C16H25N3O2. The molecule has 0 bridgehead atoms. The first kappa shape index (κ1) is 17.2. The van der Waals surface area contributed by atoms with Crippen molar-refractivity contribution in [1.29, 1.82) is 0 Å². The maximum atomic E-state index is 11.8. The molecule has 0 radical (unpaired) electrons. The van der Waals surface area contributed by atoms with Gasteiger partial charge in [-0.15, -0.1) is 0 Å². The third kappa shape index (κ3) is 6.40. The molecule has 0 aliphatic heterocycles. The fraction of sp³-hybridized carbons (Fsp3) is 0.500. The second kappa shape index (κ2) is 7.78. The molecule has 5 heteroatoms. The Morgan fingerprint density at radius 1 is 1.10 bits per heavy atom. The van der Waals surface area contributed by atoms with E-state index in [4.69, 9.17) is 5.73 Å². The van der Waals surface area contributed by atoms with Crippen molar-refractivity contribution in [2.24, 2.45) is 11.1 Å². The van der Waals surface area contributed by atoms with Crippen LogP contribution in [-0.2, 0) is 9.59 Å². The standard InChI is InChI=1S/C16H25N3O2/c1-16(2,3)15(21)19-10-9-18-14(20)11-13(17)12-7-5-4-6-8-12/h4-8,13H,9-11,17H2,1-3H3,(H,18,20)(H,19,21). The van der Waals surface area contributed by atoms with Crippen molar-refractivity contribution in [3.8, 4) is 0 Å². The van der Waals surface area contributed by atoms with E-state index in [0.717, 1.165) is 5.56 Å². The molecule has 0 aliphatic rings. The minimum Gasteiger partial charge on any atom is -0.354 e. The van der Waals surface area contributed by atoms with Gasteiger partial charge in [-0.1, -0.05) is 51.1 Å². The van der Waals surface area contributed by atoms with Gasteiger partial charge in [0.05, 0.1) is 0 Å². The molecule has 116 valence electrons. The molecule has 0 aliphatic carbocycles. The van der Waals surface area contributed by atoms with Crippen LogP contribution < -0.4 is 16.4 Å². The molecular weight excluding hydrogens is 266 g/mol. The van der Waals surface area contributed by atoms with Crippen molar-refractivity contribution in [3.63, 3.8) is 0 Å². The Morgan fingerprint density at radius 3 is 2.24 bits per heavy atom. The second-order valence-electron chi connectivity index (χ2n) is 6.08. The Bertz CT molecular complexity index is 466. The molecule has 0 saturated heterocycles. The Kier molecular flexibility index (Phi) is 6.37. The summed E-state index contributed by atoms with van der Waals surface area (Å²) in [6.45, 7) is 6.37. The summed E-state index contributed by atoms with van der Waals surface area (Å²) in [5.41, 5.74) is 6.50. The monoisotopic (exact) mass is 291 g/mol. The van der Waals surface area contributed by atoms with Crippen LogP contribution in [0, 0.1) is 5.41 Å². The lowest BCUT2D eigenvalue weighted by Gasteiger charge is -2.18. The fourth-order valence-electron chi connectivity index (χ4n) is 1.73. The first-order valence-corrected chi connectivity index (χ1v) is 7.16. The average Bonchev–Trinajstić information content (AvgIpc) is 2.43. The van der Waals surface area contributed by atoms with Crippen LogP contribution in [0.2, 0.25) is 0 Å². The van der Waals surface area contributed by atoms with Crippen LogP contribution in [0.4, 0.5) is 0 Å². The van der Waals surface area contributed by atoms with Crippen molar-refractivity contribution in [2.45, 2.75) is 33.2 Å². The quantitative estimate of drug-likeness (QED) is 0.692. The number of hydrogen-bond acceptors (Lipinski definition) is 3. The Balaban J connectivity index is 2.24. The van der Waals surface area contributed by atoms with Crippen molar-refractivity contribution < 1.29 is 9.59 Å². The topological polar surface area (TPSA) is 84.2 Å². The SMILES string of the molecule is CC(C)(C)C(=O)NCCNC(=O)CC(N)c1ccccc1. The van der Waals surface area contributed by atoms with E-state index >= 15 is 0 Å². The number of carbonyl (C=O) groups is 2. The second-order valence-corrected chi connectivity index (χ2v) is 6.08. The molecule has 4 N–H and O–H groups in total. The number of carbonyl (C=O) groups excluding carboxylic acids is 2. The van der Waals surface area contributed by atoms with Gasteiger partial charge in [0.2, 0.25) is 11.8 Å². The highest BCUT2D eigenvalue weighted by Crippen LogP contribution is 2.13.